The Morgan fingerprint density at radius 3 is 2.57 bits per heavy atom. The molecule has 2 aromatic carbocycles. The summed E-state index contributed by atoms with van der Waals surface area (Å²) in [5.41, 5.74) is 4.19. The maximum Gasteiger partial charge on any atom is 0.338 e. The third-order valence-corrected chi connectivity index (χ3v) is 8.96. The Morgan fingerprint density at radius 1 is 1.04 bits per heavy atom. The number of thiophene rings is 1. The van der Waals surface area contributed by atoms with Crippen molar-refractivity contribution in [3.8, 4) is 34.2 Å². The first-order chi connectivity index (χ1) is 22.0. The molecule has 0 fully saturated rings. The topological polar surface area (TPSA) is 131 Å². The Labute approximate surface area is 271 Å². The Morgan fingerprint density at radius 2 is 1.83 bits per heavy atom. The van der Waals surface area contributed by atoms with Crippen molar-refractivity contribution < 1.29 is 19.0 Å². The quantitative estimate of drug-likeness (QED) is 0.188. The van der Waals surface area contributed by atoms with Crippen LogP contribution in [0.15, 0.2) is 52.6 Å². The molecule has 4 aromatic heterocycles. The number of hydrogen-bond acceptors (Lipinski definition) is 8. The van der Waals surface area contributed by atoms with Crippen molar-refractivity contribution in [2.75, 3.05) is 6.61 Å². The minimum Gasteiger partial charge on any atom is -0.491 e. The van der Waals surface area contributed by atoms with E-state index in [1.807, 2.05) is 6.07 Å². The van der Waals surface area contributed by atoms with Crippen molar-refractivity contribution >= 4 is 50.0 Å². The maximum atomic E-state index is 14.2. The molecule has 0 aliphatic heterocycles. The van der Waals surface area contributed by atoms with Crippen molar-refractivity contribution in [3.63, 3.8) is 0 Å². The molecule has 0 saturated carbocycles. The van der Waals surface area contributed by atoms with Crippen LogP contribution in [0.4, 0.5) is 4.39 Å². The van der Waals surface area contributed by atoms with Crippen LogP contribution in [0.1, 0.15) is 38.7 Å². The highest BCUT2D eigenvalue weighted by Gasteiger charge is 2.22. The molecular weight excluding hydrogens is 629 g/mol. The molecule has 0 unspecified atom stereocenters. The summed E-state index contributed by atoms with van der Waals surface area (Å²) in [6.45, 7) is 7.12. The minimum atomic E-state index is -1.06. The molecule has 6 rings (SSSR count). The van der Waals surface area contributed by atoms with E-state index >= 15 is 0 Å². The standard InChI is InChI=1S/C34H25ClFN5O4S/c1-16-5-7-21(36)13-22(16)30-25(14-37)28-29(18(3)39-30)40-19(4)41(33(28)42)9-10-45-27-8-6-20(35)12-23(27)24-11-17(2)38-31-26(34(43)44)15-46-32(24)31/h5-8,11-13,15H,9-10H2,1-4H3,(H,43,44). The summed E-state index contributed by atoms with van der Waals surface area (Å²) in [5.74, 6) is -0.660. The second-order valence-electron chi connectivity index (χ2n) is 10.8. The maximum absolute atomic E-state index is 14.2. The van der Waals surface area contributed by atoms with Crippen LogP contribution in [-0.2, 0) is 6.54 Å². The summed E-state index contributed by atoms with van der Waals surface area (Å²) < 4.78 is 22.5. The van der Waals surface area contributed by atoms with E-state index in [0.717, 1.165) is 5.56 Å². The van der Waals surface area contributed by atoms with Gasteiger partial charge in [-0.3, -0.25) is 14.3 Å². The van der Waals surface area contributed by atoms with Crippen molar-refractivity contribution in [1.29, 1.82) is 5.26 Å². The Hall–Kier alpha value is -5.18. The summed E-state index contributed by atoms with van der Waals surface area (Å²) in [4.78, 5) is 39.4. The minimum absolute atomic E-state index is 0.0233. The number of halogens is 2. The zero-order chi connectivity index (χ0) is 32.9. The van der Waals surface area contributed by atoms with Crippen molar-refractivity contribution in [3.05, 3.63) is 103 Å². The van der Waals surface area contributed by atoms with E-state index in [1.54, 1.807) is 57.3 Å². The molecule has 0 bridgehead atoms. The van der Waals surface area contributed by atoms with Gasteiger partial charge in [-0.05, 0) is 69.7 Å². The van der Waals surface area contributed by atoms with Crippen LogP contribution in [0.5, 0.6) is 5.75 Å². The second kappa shape index (κ2) is 12.0. The average molecular weight is 654 g/mol. The third kappa shape index (κ3) is 5.36. The Bertz CT molecular complexity index is 2340. The number of nitrogens with zero attached hydrogens (tertiary/aromatic N) is 5. The largest absolute Gasteiger partial charge is 0.491 e. The van der Waals surface area contributed by atoms with E-state index < -0.39 is 17.3 Å². The molecular formula is C34H25ClFN5O4S. The molecule has 12 heteroatoms. The van der Waals surface area contributed by atoms with Gasteiger partial charge in [-0.15, -0.1) is 11.3 Å². The van der Waals surface area contributed by atoms with Gasteiger partial charge >= 0.3 is 5.97 Å². The zero-order valence-corrected chi connectivity index (χ0v) is 26.7. The highest BCUT2D eigenvalue weighted by molar-refractivity contribution is 7.18. The number of pyridine rings is 2. The fraction of sp³-hybridized carbons (Fsp3) is 0.176. The lowest BCUT2D eigenvalue weighted by molar-refractivity contribution is 0.0699. The predicted molar refractivity (Wildman–Crippen MR) is 175 cm³/mol. The van der Waals surface area contributed by atoms with E-state index in [1.165, 1.54) is 28.0 Å². The van der Waals surface area contributed by atoms with Gasteiger partial charge in [0.15, 0.2) is 0 Å². The summed E-state index contributed by atoms with van der Waals surface area (Å²) in [6.07, 6.45) is 0. The first-order valence-electron chi connectivity index (χ1n) is 14.1. The lowest BCUT2D eigenvalue weighted by atomic mass is 9.98. The van der Waals surface area contributed by atoms with Crippen LogP contribution < -0.4 is 10.3 Å². The first-order valence-corrected chi connectivity index (χ1v) is 15.4. The molecule has 0 radical (unpaired) electrons. The van der Waals surface area contributed by atoms with Crippen LogP contribution in [0.25, 0.3) is 43.5 Å². The molecule has 1 N–H and O–H groups in total. The van der Waals surface area contributed by atoms with Gasteiger partial charge in [-0.2, -0.15) is 5.26 Å². The molecule has 4 heterocycles. The van der Waals surface area contributed by atoms with Crippen LogP contribution >= 0.6 is 22.9 Å². The van der Waals surface area contributed by atoms with Gasteiger partial charge in [-0.25, -0.2) is 19.2 Å². The zero-order valence-electron chi connectivity index (χ0n) is 25.1. The fourth-order valence-electron chi connectivity index (χ4n) is 5.53. The average Bonchev–Trinajstić information content (AvgIpc) is 3.44. The van der Waals surface area contributed by atoms with Gasteiger partial charge in [0.25, 0.3) is 5.56 Å². The van der Waals surface area contributed by atoms with Crippen LogP contribution in [-0.4, -0.2) is 37.2 Å². The number of carboxylic acid groups (broad SMARTS) is 1. The number of aryl methyl sites for hydroxylation is 4. The lowest BCUT2D eigenvalue weighted by Gasteiger charge is -2.17. The number of ether oxygens (including phenoxy) is 1. The normalized spacial score (nSPS) is 11.2. The van der Waals surface area contributed by atoms with Crippen molar-refractivity contribution in [2.24, 2.45) is 0 Å². The summed E-state index contributed by atoms with van der Waals surface area (Å²) in [7, 11) is 0. The van der Waals surface area contributed by atoms with Crippen molar-refractivity contribution in [1.82, 2.24) is 19.5 Å². The monoisotopic (exact) mass is 653 g/mol. The number of rotatable bonds is 7. The molecule has 0 aliphatic carbocycles. The molecule has 230 valence electrons. The highest BCUT2D eigenvalue weighted by atomic mass is 35.5. The van der Waals surface area contributed by atoms with Gasteiger partial charge in [0.1, 0.15) is 35.6 Å². The highest BCUT2D eigenvalue weighted by Crippen LogP contribution is 2.40. The van der Waals surface area contributed by atoms with E-state index in [-0.39, 0.29) is 35.4 Å². The smallest absolute Gasteiger partial charge is 0.338 e. The number of carboxylic acids is 1. The van der Waals surface area contributed by atoms with E-state index in [2.05, 4.69) is 21.0 Å². The lowest BCUT2D eigenvalue weighted by Crippen LogP contribution is -2.27. The molecule has 46 heavy (non-hydrogen) atoms. The number of aromatic nitrogens is 4. The van der Waals surface area contributed by atoms with Crippen LogP contribution in [0.2, 0.25) is 5.02 Å². The van der Waals surface area contributed by atoms with Crippen LogP contribution in [0, 0.1) is 44.8 Å². The third-order valence-electron chi connectivity index (χ3n) is 7.72. The molecule has 6 aromatic rings. The first kappa shape index (κ1) is 30.8. The van der Waals surface area contributed by atoms with Gasteiger partial charge in [0, 0.05) is 32.8 Å². The summed E-state index contributed by atoms with van der Waals surface area (Å²) >= 11 is 7.66. The number of aromatic carboxylic acids is 1. The van der Waals surface area contributed by atoms with E-state index in [9.17, 15) is 24.3 Å². The number of carbonyl (C=O) groups is 1. The second-order valence-corrected chi connectivity index (χ2v) is 12.1. The summed E-state index contributed by atoms with van der Waals surface area (Å²) in [6, 6.07) is 13.3. The van der Waals surface area contributed by atoms with Crippen LogP contribution in [0.3, 0.4) is 0 Å². The van der Waals surface area contributed by atoms with Gasteiger partial charge in [0.2, 0.25) is 0 Å². The van der Waals surface area contributed by atoms with Gasteiger partial charge < -0.3 is 9.84 Å². The molecule has 0 atom stereocenters. The summed E-state index contributed by atoms with van der Waals surface area (Å²) in [5, 5.41) is 22.0. The number of benzene rings is 2. The molecule has 0 spiro atoms. The number of fused-ring (bicyclic) bond motifs is 2. The Balaban J connectivity index is 1.40. The molecule has 0 amide bonds. The predicted octanol–water partition coefficient (Wildman–Crippen LogP) is 7.41. The van der Waals surface area contributed by atoms with E-state index in [4.69, 9.17) is 16.3 Å². The van der Waals surface area contributed by atoms with Crippen molar-refractivity contribution in [2.45, 2.75) is 34.2 Å². The number of nitriles is 1. The molecule has 0 saturated heterocycles. The van der Waals surface area contributed by atoms with Gasteiger partial charge in [0.05, 0.1) is 44.7 Å². The fourth-order valence-corrected chi connectivity index (χ4v) is 6.72. The Kier molecular flexibility index (Phi) is 8.02. The molecule has 9 nitrogen and oxygen atoms in total. The van der Waals surface area contributed by atoms with Gasteiger partial charge in [-0.1, -0.05) is 17.7 Å². The molecule has 0 aliphatic rings. The number of hydrogen-bond donors (Lipinski definition) is 1. The SMILES string of the molecule is Cc1cc(-c2cc(Cl)ccc2OCCn2c(C)nc3c(C)nc(-c4cc(F)ccc4C)c(C#N)c3c2=O)c2scc(C(=O)O)c2n1. The van der Waals surface area contributed by atoms with E-state index in [0.29, 0.717) is 60.4 Å².